The highest BCUT2D eigenvalue weighted by atomic mass is 16.5. The molecule has 0 bridgehead atoms. The number of hydrogen-bond donors (Lipinski definition) is 0. The van der Waals surface area contributed by atoms with Crippen molar-refractivity contribution in [3.05, 3.63) is 71.8 Å². The number of nitriles is 1. The molecular weight excluding hydrogens is 438 g/mol. The molecular formula is C27H27N7O. The molecule has 8 heteroatoms. The van der Waals surface area contributed by atoms with Crippen LogP contribution in [0.25, 0.3) is 16.6 Å². The van der Waals surface area contributed by atoms with Gasteiger partial charge in [0, 0.05) is 56.1 Å². The van der Waals surface area contributed by atoms with Gasteiger partial charge in [-0.1, -0.05) is 0 Å². The van der Waals surface area contributed by atoms with E-state index in [1.807, 2.05) is 41.3 Å². The largest absolute Gasteiger partial charge is 0.484 e. The van der Waals surface area contributed by atoms with Crippen molar-refractivity contribution in [3.8, 4) is 17.5 Å². The Morgan fingerprint density at radius 2 is 1.91 bits per heavy atom. The molecule has 1 aliphatic heterocycles. The second-order valence-corrected chi connectivity index (χ2v) is 9.32. The van der Waals surface area contributed by atoms with E-state index in [2.05, 4.69) is 50.1 Å². The fraction of sp³-hybridized carbons (Fsp3) is 0.333. The van der Waals surface area contributed by atoms with Crippen LogP contribution in [0.5, 0.6) is 5.75 Å². The van der Waals surface area contributed by atoms with Gasteiger partial charge in [0.1, 0.15) is 23.7 Å². The summed E-state index contributed by atoms with van der Waals surface area (Å²) >= 11 is 0. The zero-order valence-corrected chi connectivity index (χ0v) is 19.8. The average molecular weight is 466 g/mol. The molecule has 8 nitrogen and oxygen atoms in total. The third kappa shape index (κ3) is 4.19. The van der Waals surface area contributed by atoms with Gasteiger partial charge in [-0.2, -0.15) is 10.4 Å². The summed E-state index contributed by atoms with van der Waals surface area (Å²) in [5.41, 5.74) is 4.62. The maximum absolute atomic E-state index is 9.20. The maximum atomic E-state index is 9.20. The Morgan fingerprint density at radius 3 is 2.77 bits per heavy atom. The molecule has 1 unspecified atom stereocenters. The van der Waals surface area contributed by atoms with E-state index in [1.165, 1.54) is 0 Å². The number of piperazine rings is 1. The van der Waals surface area contributed by atoms with Crippen LogP contribution in [0.4, 0.5) is 5.82 Å². The van der Waals surface area contributed by atoms with E-state index in [0.29, 0.717) is 5.56 Å². The fourth-order valence-corrected chi connectivity index (χ4v) is 4.99. The third-order valence-corrected chi connectivity index (χ3v) is 6.97. The molecule has 2 aliphatic rings. The molecule has 0 N–H and O–H groups in total. The number of benzene rings is 1. The summed E-state index contributed by atoms with van der Waals surface area (Å²) in [5, 5.41) is 14.9. The number of pyridine rings is 2. The van der Waals surface area contributed by atoms with Gasteiger partial charge in [-0.15, -0.1) is 0 Å². The molecule has 1 aromatic carbocycles. The minimum atomic E-state index is -0.120. The number of hydrogen-bond acceptors (Lipinski definition) is 7. The minimum absolute atomic E-state index is 0.120. The van der Waals surface area contributed by atoms with E-state index in [1.54, 1.807) is 6.20 Å². The Kier molecular flexibility index (Phi) is 5.55. The number of ether oxygens (including phenoxy) is 1. The molecule has 0 amide bonds. The highest BCUT2D eigenvalue weighted by Crippen LogP contribution is 2.34. The molecule has 4 heterocycles. The molecule has 176 valence electrons. The van der Waals surface area contributed by atoms with E-state index >= 15 is 0 Å². The zero-order valence-electron chi connectivity index (χ0n) is 19.8. The predicted octanol–water partition coefficient (Wildman–Crippen LogP) is 3.90. The number of likely N-dealkylation sites (N-methyl/N-ethyl adjacent to an activating group) is 1. The standard InChI is InChI=1S/C27H27N7O/c1-32-9-11-33(12-10-32)26-14-22(7-8-29-26)34-24-15-23(6-5-21(24)18-31-34)35-25-4-2-3-20-13-19(16-28)17-30-27(20)25/h5-8,13-15,17-18,25H,2-4,9-12H2,1H3. The SMILES string of the molecule is CN1CCN(c2cc(-n3ncc4ccc(OC5CCCc6cc(C#N)cnc65)cc43)ccn2)CC1. The Labute approximate surface area is 204 Å². The van der Waals surface area contributed by atoms with E-state index in [9.17, 15) is 5.26 Å². The van der Waals surface area contributed by atoms with Crippen molar-refractivity contribution in [3.63, 3.8) is 0 Å². The summed E-state index contributed by atoms with van der Waals surface area (Å²) < 4.78 is 8.39. The predicted molar refractivity (Wildman–Crippen MR) is 134 cm³/mol. The van der Waals surface area contributed by atoms with Crippen LogP contribution >= 0.6 is 0 Å². The van der Waals surface area contributed by atoms with Gasteiger partial charge in [0.25, 0.3) is 0 Å². The molecule has 4 aromatic rings. The fourth-order valence-electron chi connectivity index (χ4n) is 4.99. The van der Waals surface area contributed by atoms with E-state index in [4.69, 9.17) is 4.74 Å². The van der Waals surface area contributed by atoms with Crippen molar-refractivity contribution >= 4 is 16.7 Å². The first kappa shape index (κ1) is 21.6. The highest BCUT2D eigenvalue weighted by molar-refractivity contribution is 5.82. The molecule has 1 fully saturated rings. The van der Waals surface area contributed by atoms with Gasteiger partial charge in [0.2, 0.25) is 0 Å². The summed E-state index contributed by atoms with van der Waals surface area (Å²) in [4.78, 5) is 13.9. The van der Waals surface area contributed by atoms with Crippen LogP contribution < -0.4 is 9.64 Å². The average Bonchev–Trinajstić information content (AvgIpc) is 3.32. The molecule has 0 radical (unpaired) electrons. The molecule has 3 aromatic heterocycles. The van der Waals surface area contributed by atoms with Crippen molar-refractivity contribution in [1.82, 2.24) is 24.6 Å². The number of anilines is 1. The Hall–Kier alpha value is -3.96. The number of fused-ring (bicyclic) bond motifs is 2. The summed E-state index contributed by atoms with van der Waals surface area (Å²) in [6.07, 6.45) is 8.11. The van der Waals surface area contributed by atoms with Crippen molar-refractivity contribution in [2.24, 2.45) is 0 Å². The quantitative estimate of drug-likeness (QED) is 0.452. The Morgan fingerprint density at radius 1 is 1.03 bits per heavy atom. The second-order valence-electron chi connectivity index (χ2n) is 9.32. The topological polar surface area (TPSA) is 83.1 Å². The van der Waals surface area contributed by atoms with Gasteiger partial charge in [-0.05, 0) is 56.1 Å². The Bertz CT molecular complexity index is 1410. The smallest absolute Gasteiger partial charge is 0.141 e. The van der Waals surface area contributed by atoms with E-state index in [0.717, 1.165) is 84.9 Å². The van der Waals surface area contributed by atoms with Gasteiger partial charge < -0.3 is 14.5 Å². The number of aryl methyl sites for hydroxylation is 1. The van der Waals surface area contributed by atoms with Crippen molar-refractivity contribution in [2.45, 2.75) is 25.4 Å². The van der Waals surface area contributed by atoms with Crippen LogP contribution in [0.15, 0.2) is 55.0 Å². The molecule has 0 spiro atoms. The summed E-state index contributed by atoms with van der Waals surface area (Å²) in [5.74, 6) is 1.77. The van der Waals surface area contributed by atoms with Gasteiger partial charge in [-0.3, -0.25) is 4.98 Å². The molecule has 1 saturated heterocycles. The van der Waals surface area contributed by atoms with Crippen LogP contribution in [-0.4, -0.2) is 57.9 Å². The molecule has 1 aliphatic carbocycles. The first-order valence-electron chi connectivity index (χ1n) is 12.1. The lowest BCUT2D eigenvalue weighted by molar-refractivity contribution is 0.178. The van der Waals surface area contributed by atoms with Crippen molar-refractivity contribution < 1.29 is 4.74 Å². The van der Waals surface area contributed by atoms with Gasteiger partial charge in [0.05, 0.1) is 28.7 Å². The molecule has 35 heavy (non-hydrogen) atoms. The maximum Gasteiger partial charge on any atom is 0.141 e. The third-order valence-electron chi connectivity index (χ3n) is 6.97. The normalized spacial score (nSPS) is 18.3. The van der Waals surface area contributed by atoms with Crippen LogP contribution in [0.1, 0.15) is 35.8 Å². The monoisotopic (exact) mass is 465 g/mol. The summed E-state index contributed by atoms with van der Waals surface area (Å²) in [6.45, 7) is 4.01. The first-order valence-corrected chi connectivity index (χ1v) is 12.1. The van der Waals surface area contributed by atoms with Crippen molar-refractivity contribution in [1.29, 1.82) is 5.26 Å². The molecule has 6 rings (SSSR count). The van der Waals surface area contributed by atoms with Crippen LogP contribution in [0.3, 0.4) is 0 Å². The number of rotatable bonds is 4. The van der Waals surface area contributed by atoms with Crippen LogP contribution in [-0.2, 0) is 6.42 Å². The zero-order chi connectivity index (χ0) is 23.8. The number of nitrogens with zero attached hydrogens (tertiary/aromatic N) is 7. The van der Waals surface area contributed by atoms with E-state index < -0.39 is 0 Å². The lowest BCUT2D eigenvalue weighted by Gasteiger charge is -2.33. The lowest BCUT2D eigenvalue weighted by Crippen LogP contribution is -2.44. The second kappa shape index (κ2) is 9.01. The van der Waals surface area contributed by atoms with Crippen LogP contribution in [0, 0.1) is 11.3 Å². The summed E-state index contributed by atoms with van der Waals surface area (Å²) in [7, 11) is 2.16. The molecule has 1 atom stereocenters. The lowest BCUT2D eigenvalue weighted by atomic mass is 9.93. The highest BCUT2D eigenvalue weighted by Gasteiger charge is 2.24. The van der Waals surface area contributed by atoms with E-state index in [-0.39, 0.29) is 6.10 Å². The summed E-state index contributed by atoms with van der Waals surface area (Å²) in [6, 6.07) is 14.3. The van der Waals surface area contributed by atoms with Gasteiger partial charge in [-0.25, -0.2) is 9.67 Å². The minimum Gasteiger partial charge on any atom is -0.484 e. The molecule has 0 saturated carbocycles. The Balaban J connectivity index is 1.29. The number of aromatic nitrogens is 4. The van der Waals surface area contributed by atoms with Gasteiger partial charge in [0.15, 0.2) is 0 Å². The van der Waals surface area contributed by atoms with Crippen molar-refractivity contribution in [2.75, 3.05) is 38.1 Å². The van der Waals surface area contributed by atoms with Gasteiger partial charge >= 0.3 is 0 Å². The van der Waals surface area contributed by atoms with Crippen LogP contribution in [0.2, 0.25) is 0 Å². The first-order chi connectivity index (χ1) is 17.2.